The maximum absolute atomic E-state index is 3.12. The van der Waals surface area contributed by atoms with Crippen molar-refractivity contribution >= 4 is 0 Å². The quantitative estimate of drug-likeness (QED) is 0.539. The van der Waals surface area contributed by atoms with E-state index in [-0.39, 0.29) is 0 Å². The molecule has 9 spiro atoms. The Kier molecular flexibility index (Phi) is 0.844. The van der Waals surface area contributed by atoms with E-state index in [4.69, 9.17) is 0 Å². The van der Waals surface area contributed by atoms with E-state index in [1.54, 1.807) is 25.7 Å². The molecule has 0 bridgehead atoms. The molecule has 0 N–H and O–H groups in total. The number of rotatable bonds is 0. The zero-order chi connectivity index (χ0) is 19.3. The Hall–Kier alpha value is 0. The van der Waals surface area contributed by atoms with Gasteiger partial charge in [-0.25, -0.2) is 0 Å². The third kappa shape index (κ3) is 0.336. The largest absolute Gasteiger partial charge is 0.0582 e. The zero-order valence-corrected chi connectivity index (χ0v) is 19.3. The van der Waals surface area contributed by atoms with Crippen molar-refractivity contribution in [1.29, 1.82) is 0 Å². The van der Waals surface area contributed by atoms with Gasteiger partial charge in [0.1, 0.15) is 0 Å². The lowest BCUT2D eigenvalue weighted by Gasteiger charge is -3.38. The first-order chi connectivity index (χ1) is 15.5. The molecule has 158 valence electrons. The summed E-state index contributed by atoms with van der Waals surface area (Å²) in [7, 11) is 0. The summed E-state index contributed by atoms with van der Waals surface area (Å²) in [6, 6.07) is 0. The molecule has 0 aromatic rings. The molecule has 0 aromatic carbocycles. The summed E-state index contributed by atoms with van der Waals surface area (Å²) in [5, 5.41) is 0. The van der Waals surface area contributed by atoms with Crippen LogP contribution in [0.5, 0.6) is 0 Å². The highest BCUT2D eigenvalue weighted by molar-refractivity contribution is 5.89. The average molecular weight is 415 g/mol. The molecule has 25 unspecified atom stereocenters. The van der Waals surface area contributed by atoms with Crippen LogP contribution in [0.3, 0.4) is 0 Å². The maximum atomic E-state index is 3.12. The van der Waals surface area contributed by atoms with Crippen LogP contribution >= 0.6 is 0 Å². The molecule has 0 radical (unpaired) electrons. The van der Waals surface area contributed by atoms with E-state index >= 15 is 0 Å². The summed E-state index contributed by atoms with van der Waals surface area (Å²) >= 11 is 0. The van der Waals surface area contributed by atoms with Crippen molar-refractivity contribution in [1.82, 2.24) is 0 Å². The van der Waals surface area contributed by atoms with Gasteiger partial charge < -0.3 is 0 Å². The number of hydrogen-bond donors (Lipinski definition) is 0. The lowest BCUT2D eigenvalue weighted by atomic mass is 8.65. The van der Waals surface area contributed by atoms with Crippen LogP contribution in [0.4, 0.5) is 0 Å². The highest BCUT2D eigenvalue weighted by Crippen LogP contribution is 3.46. The molecule has 0 heteroatoms. The Morgan fingerprint density at radius 2 is 1.00 bits per heavy atom. The summed E-state index contributed by atoms with van der Waals surface area (Å²) in [6.07, 6.45) is 7.03. The van der Waals surface area contributed by atoms with E-state index in [0.29, 0.717) is 0 Å². The second kappa shape index (κ2) is 2.11. The van der Waals surface area contributed by atoms with Gasteiger partial charge in [0.2, 0.25) is 0 Å². The number of fused-ring (bicyclic) bond motifs is 9. The highest BCUT2D eigenvalue weighted by Gasteiger charge is 3.44. The zero-order valence-electron chi connectivity index (χ0n) is 19.3. The van der Waals surface area contributed by atoms with Gasteiger partial charge in [-0.2, -0.15) is 0 Å². The van der Waals surface area contributed by atoms with Crippen molar-refractivity contribution in [2.45, 2.75) is 46.5 Å². The minimum Gasteiger partial charge on any atom is -0.0582 e. The van der Waals surface area contributed by atoms with Crippen molar-refractivity contribution in [2.75, 3.05) is 0 Å². The van der Waals surface area contributed by atoms with Gasteiger partial charge in [-0.05, 0) is 168 Å². The molecule has 0 saturated heterocycles. The van der Waals surface area contributed by atoms with Gasteiger partial charge in [-0.1, -0.05) is 20.8 Å². The Morgan fingerprint density at radius 1 is 0.375 bits per heavy atom. The van der Waals surface area contributed by atoms with Gasteiger partial charge in [-0.15, -0.1) is 0 Å². The summed E-state index contributed by atoms with van der Waals surface area (Å²) in [5.41, 5.74) is 11.5. The van der Waals surface area contributed by atoms with Crippen LogP contribution in [0.15, 0.2) is 0 Å². The molecular weight excluding hydrogens is 384 g/mol. The normalized spacial score (nSPS) is 119. The fourth-order valence-electron chi connectivity index (χ4n) is 29.7. The van der Waals surface area contributed by atoms with Gasteiger partial charge >= 0.3 is 0 Å². The predicted octanol–water partition coefficient (Wildman–Crippen LogP) is 4.70. The van der Waals surface area contributed by atoms with Gasteiger partial charge in [-0.3, -0.25) is 0 Å². The first-order valence-electron chi connectivity index (χ1n) is 15.5. The third-order valence-electron chi connectivity index (χ3n) is 24.8. The first-order valence-corrected chi connectivity index (χ1v) is 15.5. The Morgan fingerprint density at radius 3 is 1.84 bits per heavy atom. The monoisotopic (exact) mass is 414 g/mol. The van der Waals surface area contributed by atoms with Crippen LogP contribution in [0.1, 0.15) is 46.5 Å². The van der Waals surface area contributed by atoms with Crippen LogP contribution in [0.25, 0.3) is 0 Å². The van der Waals surface area contributed by atoms with E-state index in [1.807, 2.05) is 0 Å². The lowest BCUT2D eigenvalue weighted by molar-refractivity contribution is -0.930. The molecule has 0 heterocycles. The lowest BCUT2D eigenvalue weighted by Crippen LogP contribution is -3.36. The molecule has 0 aliphatic heterocycles. The molecule has 18 rings (SSSR count). The molecule has 32 heavy (non-hydrogen) atoms. The molecular formula is C32H30. The van der Waals surface area contributed by atoms with E-state index in [9.17, 15) is 0 Å². The van der Waals surface area contributed by atoms with E-state index < -0.39 is 0 Å². The molecule has 0 amide bonds. The van der Waals surface area contributed by atoms with E-state index in [0.717, 1.165) is 65.0 Å². The summed E-state index contributed by atoms with van der Waals surface area (Å²) < 4.78 is 0. The molecule has 0 aromatic heterocycles. The standard InChI is InChI=1S/C32H30/c1-21-8-4-15-16-12-6-10-11-7-14-17-20-19-18-13-5-9(8)24(13,21)31(18)27(15,21)23(3)28(16)22(2)25(10,12)26(11,14)29(17,22)32(20,28)30(19,23)31/h8-20H,4-7H2,1-3H3. The molecule has 18 fully saturated rings. The van der Waals surface area contributed by atoms with Crippen molar-refractivity contribution in [3.63, 3.8) is 0 Å². The highest BCUT2D eigenvalue weighted by atomic mass is 15.5. The summed E-state index contributed by atoms with van der Waals surface area (Å²) in [6.45, 7) is 9.21. The van der Waals surface area contributed by atoms with Crippen molar-refractivity contribution in [2.24, 2.45) is 142 Å². The fraction of sp³-hybridized carbons (Fsp3) is 1.00. The molecule has 0 nitrogen and oxygen atoms in total. The van der Waals surface area contributed by atoms with Crippen LogP contribution < -0.4 is 0 Å². The maximum Gasteiger partial charge on any atom is -0.00511 e. The second-order valence-electron chi connectivity index (χ2n) is 19.3. The third-order valence-corrected chi connectivity index (χ3v) is 24.8. The predicted molar refractivity (Wildman–Crippen MR) is 110 cm³/mol. The minimum absolute atomic E-state index is 0.865. The summed E-state index contributed by atoms with van der Waals surface area (Å²) in [5.74, 6) is 16.6. The Labute approximate surface area is 188 Å². The molecule has 18 saturated carbocycles. The van der Waals surface area contributed by atoms with Crippen LogP contribution in [-0.4, -0.2) is 0 Å². The van der Waals surface area contributed by atoms with Crippen LogP contribution in [0, 0.1) is 142 Å². The molecule has 18 aliphatic carbocycles. The Bertz CT molecular complexity index is 1570. The molecule has 25 atom stereocenters. The van der Waals surface area contributed by atoms with Crippen LogP contribution in [0.2, 0.25) is 0 Å². The van der Waals surface area contributed by atoms with Gasteiger partial charge in [0.15, 0.2) is 0 Å². The van der Waals surface area contributed by atoms with Crippen molar-refractivity contribution < 1.29 is 0 Å². The first kappa shape index (κ1) is 12.8. The van der Waals surface area contributed by atoms with Gasteiger partial charge in [0, 0.05) is 0 Å². The smallest absolute Gasteiger partial charge is 0.00511 e. The second-order valence-corrected chi connectivity index (χ2v) is 19.3. The van der Waals surface area contributed by atoms with Crippen LogP contribution in [-0.2, 0) is 0 Å². The van der Waals surface area contributed by atoms with E-state index in [2.05, 4.69) is 20.8 Å². The van der Waals surface area contributed by atoms with Crippen molar-refractivity contribution in [3.05, 3.63) is 0 Å². The van der Waals surface area contributed by atoms with Gasteiger partial charge in [0.25, 0.3) is 0 Å². The number of hydrogen-bond acceptors (Lipinski definition) is 0. The van der Waals surface area contributed by atoms with Crippen molar-refractivity contribution in [3.8, 4) is 0 Å². The summed E-state index contributed by atoms with van der Waals surface area (Å²) in [4.78, 5) is 0. The topological polar surface area (TPSA) is 0 Å². The minimum atomic E-state index is 0.865. The van der Waals surface area contributed by atoms with E-state index in [1.165, 1.54) is 76.9 Å². The SMILES string of the molecule is CC12C3CC4C5C6CC7C8CC9C%10C%11C%12C%13C%14CC3C%141C%131C42C2(C)C53C4(C)C76C89C%104C%113C%1221. The fourth-order valence-corrected chi connectivity index (χ4v) is 29.7. The van der Waals surface area contributed by atoms with Gasteiger partial charge in [0.05, 0.1) is 0 Å². The Balaban J connectivity index is 1.15. The molecule has 18 aliphatic rings. The average Bonchev–Trinajstić information content (AvgIpc) is 2.99.